The molecule has 4 heteroatoms. The van der Waals surface area contributed by atoms with Crippen molar-refractivity contribution in [2.45, 2.75) is 44.7 Å². The van der Waals surface area contributed by atoms with Crippen molar-refractivity contribution in [1.29, 1.82) is 0 Å². The largest absolute Gasteiger partial charge is 0.344 e. The van der Waals surface area contributed by atoms with Gasteiger partial charge in [-0.2, -0.15) is 0 Å². The van der Waals surface area contributed by atoms with Gasteiger partial charge in [0.25, 0.3) is 0 Å². The molecule has 1 heterocycles. The van der Waals surface area contributed by atoms with E-state index in [2.05, 4.69) is 5.32 Å². The van der Waals surface area contributed by atoms with Gasteiger partial charge in [0.15, 0.2) is 0 Å². The summed E-state index contributed by atoms with van der Waals surface area (Å²) in [6.07, 6.45) is 5.48. The average molecular weight is 312 g/mol. The summed E-state index contributed by atoms with van der Waals surface area (Å²) < 4.78 is 0. The molecule has 1 N–H and O–H groups in total. The molecule has 2 aliphatic carbocycles. The second-order valence-corrected chi connectivity index (χ2v) is 7.38. The molecule has 4 nitrogen and oxygen atoms in total. The van der Waals surface area contributed by atoms with Gasteiger partial charge in [0.2, 0.25) is 11.8 Å². The molecule has 0 spiro atoms. The number of carbonyl (C=O) groups excluding carboxylic acids is 2. The Bertz CT molecular complexity index is 601. The Morgan fingerprint density at radius 1 is 1.13 bits per heavy atom. The topological polar surface area (TPSA) is 49.4 Å². The second kappa shape index (κ2) is 5.99. The lowest BCUT2D eigenvalue weighted by molar-refractivity contribution is -0.134. The van der Waals surface area contributed by atoms with Crippen LogP contribution >= 0.6 is 0 Å². The number of likely N-dealkylation sites (tertiary alicyclic amines) is 1. The lowest BCUT2D eigenvalue weighted by atomic mass is 9.88. The molecule has 0 radical (unpaired) electrons. The number of carbonyl (C=O) groups is 2. The Labute approximate surface area is 137 Å². The van der Waals surface area contributed by atoms with Crippen LogP contribution in [0, 0.1) is 17.8 Å². The molecule has 2 bridgehead atoms. The van der Waals surface area contributed by atoms with Crippen LogP contribution in [0.3, 0.4) is 0 Å². The van der Waals surface area contributed by atoms with E-state index < -0.39 is 0 Å². The van der Waals surface area contributed by atoms with Crippen LogP contribution in [0.15, 0.2) is 30.3 Å². The average Bonchev–Trinajstić information content (AvgIpc) is 3.27. The van der Waals surface area contributed by atoms with E-state index >= 15 is 0 Å². The van der Waals surface area contributed by atoms with Gasteiger partial charge in [-0.1, -0.05) is 36.8 Å². The highest BCUT2D eigenvalue weighted by Gasteiger charge is 2.44. The second-order valence-electron chi connectivity index (χ2n) is 7.38. The van der Waals surface area contributed by atoms with Gasteiger partial charge < -0.3 is 10.2 Å². The maximum absolute atomic E-state index is 12.5. The third-order valence-corrected chi connectivity index (χ3v) is 5.91. The molecule has 0 unspecified atom stereocenters. The highest BCUT2D eigenvalue weighted by atomic mass is 16.2. The van der Waals surface area contributed by atoms with Crippen LogP contribution in [0.5, 0.6) is 0 Å². The third-order valence-electron chi connectivity index (χ3n) is 5.91. The number of nitrogens with one attached hydrogen (secondary N) is 1. The maximum Gasteiger partial charge on any atom is 0.245 e. The summed E-state index contributed by atoms with van der Waals surface area (Å²) in [6, 6.07) is 9.72. The van der Waals surface area contributed by atoms with Crippen molar-refractivity contribution in [2.75, 3.05) is 6.54 Å². The summed E-state index contributed by atoms with van der Waals surface area (Å²) >= 11 is 0. The van der Waals surface area contributed by atoms with Gasteiger partial charge in [-0.25, -0.2) is 0 Å². The molecule has 1 aliphatic heterocycles. The van der Waals surface area contributed by atoms with E-state index in [0.29, 0.717) is 12.5 Å². The van der Waals surface area contributed by atoms with E-state index in [1.807, 2.05) is 35.2 Å². The lowest BCUT2D eigenvalue weighted by Gasteiger charge is -2.23. The Balaban J connectivity index is 1.34. The Morgan fingerprint density at radius 2 is 1.96 bits per heavy atom. The summed E-state index contributed by atoms with van der Waals surface area (Å²) in [7, 11) is 0. The predicted octanol–water partition coefficient (Wildman–Crippen LogP) is 2.34. The van der Waals surface area contributed by atoms with Crippen LogP contribution in [0.4, 0.5) is 0 Å². The van der Waals surface area contributed by atoms with Gasteiger partial charge in [-0.3, -0.25) is 9.59 Å². The van der Waals surface area contributed by atoms with Crippen molar-refractivity contribution in [3.05, 3.63) is 35.9 Å². The van der Waals surface area contributed by atoms with Crippen LogP contribution in [-0.4, -0.2) is 29.3 Å². The zero-order valence-corrected chi connectivity index (χ0v) is 13.4. The van der Waals surface area contributed by atoms with Crippen molar-refractivity contribution >= 4 is 11.8 Å². The van der Waals surface area contributed by atoms with Crippen molar-refractivity contribution in [3.8, 4) is 0 Å². The zero-order chi connectivity index (χ0) is 15.8. The number of hydrogen-bond acceptors (Lipinski definition) is 2. The number of fused-ring (bicyclic) bond motifs is 2. The normalized spacial score (nSPS) is 32.5. The first-order chi connectivity index (χ1) is 11.2. The minimum atomic E-state index is -0.315. The van der Waals surface area contributed by atoms with Crippen LogP contribution in [-0.2, 0) is 16.1 Å². The SMILES string of the molecule is O=C(N[C@H]1CCN(Cc2ccccc2)C1=O)[C@@H]1C[C@H]2CC[C@H]1C2. The molecule has 1 saturated heterocycles. The molecule has 1 aromatic carbocycles. The number of rotatable bonds is 4. The molecule has 4 rings (SSSR count). The quantitative estimate of drug-likeness (QED) is 0.928. The molecule has 122 valence electrons. The Kier molecular flexibility index (Phi) is 3.83. The van der Waals surface area contributed by atoms with Crippen LogP contribution in [0.1, 0.15) is 37.7 Å². The van der Waals surface area contributed by atoms with Crippen LogP contribution in [0.2, 0.25) is 0 Å². The summed E-state index contributed by atoms with van der Waals surface area (Å²) in [5.74, 6) is 1.67. The third kappa shape index (κ3) is 2.87. The molecular weight excluding hydrogens is 288 g/mol. The van der Waals surface area contributed by atoms with Gasteiger partial charge in [0.1, 0.15) is 6.04 Å². The maximum atomic E-state index is 12.5. The number of hydrogen-bond donors (Lipinski definition) is 1. The van der Waals surface area contributed by atoms with Crippen LogP contribution in [0.25, 0.3) is 0 Å². The molecule has 0 aromatic heterocycles. The summed E-state index contributed by atoms with van der Waals surface area (Å²) in [4.78, 5) is 26.9. The van der Waals surface area contributed by atoms with Gasteiger partial charge >= 0.3 is 0 Å². The zero-order valence-electron chi connectivity index (χ0n) is 13.4. The minimum Gasteiger partial charge on any atom is -0.344 e. The first kappa shape index (κ1) is 14.7. The standard InChI is InChI=1S/C19H24N2O2/c22-18(16-11-14-6-7-15(16)10-14)20-17-8-9-21(19(17)23)12-13-4-2-1-3-5-13/h1-5,14-17H,6-12H2,(H,20,22)/t14-,15-,16+,17-/m0/s1. The van der Waals surface area contributed by atoms with E-state index in [-0.39, 0.29) is 23.8 Å². The fourth-order valence-electron chi connectivity index (χ4n) is 4.68. The number of amides is 2. The van der Waals surface area contributed by atoms with Crippen molar-refractivity contribution in [1.82, 2.24) is 10.2 Å². The van der Waals surface area contributed by atoms with E-state index in [1.54, 1.807) is 0 Å². The minimum absolute atomic E-state index is 0.0744. The van der Waals surface area contributed by atoms with Gasteiger partial charge in [0, 0.05) is 19.0 Å². The predicted molar refractivity (Wildman–Crippen MR) is 87.3 cm³/mol. The fourth-order valence-corrected chi connectivity index (χ4v) is 4.68. The monoisotopic (exact) mass is 312 g/mol. The first-order valence-electron chi connectivity index (χ1n) is 8.84. The molecule has 2 saturated carbocycles. The molecule has 3 fully saturated rings. The van der Waals surface area contributed by atoms with Crippen molar-refractivity contribution < 1.29 is 9.59 Å². The molecule has 3 aliphatic rings. The van der Waals surface area contributed by atoms with Crippen molar-refractivity contribution in [3.63, 3.8) is 0 Å². The van der Waals surface area contributed by atoms with E-state index in [0.717, 1.165) is 30.9 Å². The van der Waals surface area contributed by atoms with Gasteiger partial charge in [-0.15, -0.1) is 0 Å². The highest BCUT2D eigenvalue weighted by molar-refractivity contribution is 5.90. The first-order valence-corrected chi connectivity index (χ1v) is 8.84. The summed E-state index contributed by atoms with van der Waals surface area (Å²) in [5.41, 5.74) is 1.14. The number of nitrogens with zero attached hydrogens (tertiary/aromatic N) is 1. The smallest absolute Gasteiger partial charge is 0.245 e. The van der Waals surface area contributed by atoms with E-state index in [4.69, 9.17) is 0 Å². The van der Waals surface area contributed by atoms with E-state index in [9.17, 15) is 9.59 Å². The Morgan fingerprint density at radius 3 is 2.65 bits per heavy atom. The van der Waals surface area contributed by atoms with Crippen molar-refractivity contribution in [2.24, 2.45) is 17.8 Å². The molecule has 4 atom stereocenters. The lowest BCUT2D eigenvalue weighted by Crippen LogP contribution is -2.44. The molecular formula is C19H24N2O2. The highest BCUT2D eigenvalue weighted by Crippen LogP contribution is 2.48. The summed E-state index contributed by atoms with van der Waals surface area (Å²) in [5, 5.41) is 3.04. The molecule has 23 heavy (non-hydrogen) atoms. The fraction of sp³-hybridized carbons (Fsp3) is 0.579. The number of benzene rings is 1. The summed E-state index contributed by atoms with van der Waals surface area (Å²) in [6.45, 7) is 1.37. The Hall–Kier alpha value is -1.84. The van der Waals surface area contributed by atoms with E-state index in [1.165, 1.54) is 19.3 Å². The van der Waals surface area contributed by atoms with Crippen LogP contribution < -0.4 is 5.32 Å². The van der Waals surface area contributed by atoms with Gasteiger partial charge in [0.05, 0.1) is 0 Å². The van der Waals surface area contributed by atoms with Gasteiger partial charge in [-0.05, 0) is 43.1 Å². The molecule has 1 aromatic rings. The molecule has 2 amide bonds.